The predicted molar refractivity (Wildman–Crippen MR) is 92.2 cm³/mol. The number of nitrogens with two attached hydrogens (primary N) is 1. The van der Waals surface area contributed by atoms with E-state index in [0.717, 1.165) is 4.47 Å². The molecule has 0 bridgehead atoms. The maximum absolute atomic E-state index is 12.0. The van der Waals surface area contributed by atoms with E-state index < -0.39 is 12.0 Å². The Kier molecular flexibility index (Phi) is 5.89. The van der Waals surface area contributed by atoms with E-state index in [4.69, 9.17) is 10.6 Å². The zero-order valence-corrected chi connectivity index (χ0v) is 14.6. The minimum atomic E-state index is -0.856. The van der Waals surface area contributed by atoms with E-state index in [1.807, 2.05) is 11.4 Å². The SMILES string of the molecule is C[C@@H](NC(=O)c1ccc(Br)cc1)C(=O)O/N=C(/N)c1cccs1. The molecule has 3 N–H and O–H groups in total. The van der Waals surface area contributed by atoms with E-state index in [2.05, 4.69) is 26.4 Å². The van der Waals surface area contributed by atoms with Gasteiger partial charge in [-0.1, -0.05) is 27.2 Å². The van der Waals surface area contributed by atoms with Gasteiger partial charge in [-0.3, -0.25) is 4.79 Å². The Hall–Kier alpha value is -2.19. The summed E-state index contributed by atoms with van der Waals surface area (Å²) < 4.78 is 0.861. The number of halogens is 1. The first-order chi connectivity index (χ1) is 11.0. The molecule has 0 aliphatic heterocycles. The summed E-state index contributed by atoms with van der Waals surface area (Å²) in [6.45, 7) is 1.51. The fourth-order valence-corrected chi connectivity index (χ4v) is 2.47. The molecule has 0 saturated heterocycles. The van der Waals surface area contributed by atoms with Crippen molar-refractivity contribution in [3.05, 3.63) is 56.7 Å². The van der Waals surface area contributed by atoms with Gasteiger partial charge in [0.05, 0.1) is 4.88 Å². The number of rotatable bonds is 5. The number of nitrogens with one attached hydrogen (secondary N) is 1. The lowest BCUT2D eigenvalue weighted by atomic mass is 10.2. The van der Waals surface area contributed by atoms with Gasteiger partial charge in [0, 0.05) is 10.0 Å². The van der Waals surface area contributed by atoms with Crippen molar-refractivity contribution in [2.75, 3.05) is 0 Å². The number of carbonyl (C=O) groups excluding carboxylic acids is 2. The van der Waals surface area contributed by atoms with Crippen molar-refractivity contribution >= 4 is 45.0 Å². The van der Waals surface area contributed by atoms with Crippen molar-refractivity contribution < 1.29 is 14.4 Å². The van der Waals surface area contributed by atoms with Crippen LogP contribution in [0.4, 0.5) is 0 Å². The van der Waals surface area contributed by atoms with Crippen LogP contribution in [0.15, 0.2) is 51.4 Å². The molecule has 0 aliphatic carbocycles. The first-order valence-corrected chi connectivity index (χ1v) is 8.29. The third kappa shape index (κ3) is 4.90. The predicted octanol–water partition coefficient (Wildman–Crippen LogP) is 2.49. The van der Waals surface area contributed by atoms with Crippen LogP contribution in [0.2, 0.25) is 0 Å². The third-order valence-corrected chi connectivity index (χ3v) is 4.24. The molecule has 23 heavy (non-hydrogen) atoms. The number of amidine groups is 1. The van der Waals surface area contributed by atoms with Crippen LogP contribution in [-0.4, -0.2) is 23.8 Å². The van der Waals surface area contributed by atoms with Gasteiger partial charge >= 0.3 is 5.97 Å². The van der Waals surface area contributed by atoms with Crippen LogP contribution in [0, 0.1) is 0 Å². The zero-order chi connectivity index (χ0) is 16.8. The monoisotopic (exact) mass is 395 g/mol. The molecule has 8 heteroatoms. The number of oxime groups is 1. The second-order valence-corrected chi connectivity index (χ2v) is 6.43. The Balaban J connectivity index is 1.91. The summed E-state index contributed by atoms with van der Waals surface area (Å²) in [6.07, 6.45) is 0. The lowest BCUT2D eigenvalue weighted by Gasteiger charge is -2.11. The number of amides is 1. The Labute approximate surface area is 145 Å². The highest BCUT2D eigenvalue weighted by molar-refractivity contribution is 9.10. The summed E-state index contributed by atoms with van der Waals surface area (Å²) in [5.41, 5.74) is 6.13. The van der Waals surface area contributed by atoms with E-state index in [9.17, 15) is 9.59 Å². The molecule has 120 valence electrons. The lowest BCUT2D eigenvalue weighted by molar-refractivity contribution is -0.145. The molecule has 1 amide bonds. The van der Waals surface area contributed by atoms with E-state index in [0.29, 0.717) is 10.4 Å². The standard InChI is InChI=1S/C15H14BrN3O3S/c1-9(18-14(20)10-4-6-11(16)7-5-10)15(21)22-19-13(17)12-3-2-8-23-12/h2-9H,1H3,(H2,17,19)(H,18,20)/t9-/m1/s1. The van der Waals surface area contributed by atoms with Gasteiger partial charge in [0.25, 0.3) is 5.91 Å². The van der Waals surface area contributed by atoms with Crippen molar-refractivity contribution in [3.8, 4) is 0 Å². The normalized spacial score (nSPS) is 12.5. The lowest BCUT2D eigenvalue weighted by Crippen LogP contribution is -2.39. The van der Waals surface area contributed by atoms with Crippen LogP contribution >= 0.6 is 27.3 Å². The molecule has 0 fully saturated rings. The van der Waals surface area contributed by atoms with Gasteiger partial charge in [0.2, 0.25) is 0 Å². The molecule has 0 saturated carbocycles. The minimum absolute atomic E-state index is 0.111. The number of thiophene rings is 1. The molecular formula is C15H14BrN3O3S. The molecule has 0 unspecified atom stereocenters. The molecule has 0 aliphatic rings. The fraction of sp³-hybridized carbons (Fsp3) is 0.133. The molecular weight excluding hydrogens is 382 g/mol. The van der Waals surface area contributed by atoms with Crippen LogP contribution in [0.25, 0.3) is 0 Å². The fourth-order valence-electron chi connectivity index (χ4n) is 1.58. The molecule has 2 aromatic rings. The Bertz CT molecular complexity index is 714. The van der Waals surface area contributed by atoms with Gasteiger partial charge in [-0.15, -0.1) is 11.3 Å². The molecule has 1 aromatic heterocycles. The molecule has 1 atom stereocenters. The summed E-state index contributed by atoms with van der Waals surface area (Å²) >= 11 is 4.67. The highest BCUT2D eigenvalue weighted by Gasteiger charge is 2.18. The minimum Gasteiger partial charge on any atom is -0.380 e. The first kappa shape index (κ1) is 17.2. The average molecular weight is 396 g/mol. The molecule has 0 spiro atoms. The van der Waals surface area contributed by atoms with Gasteiger partial charge in [-0.05, 0) is 42.6 Å². The van der Waals surface area contributed by atoms with Crippen molar-refractivity contribution in [1.29, 1.82) is 0 Å². The summed E-state index contributed by atoms with van der Waals surface area (Å²) in [6, 6.07) is 9.48. The van der Waals surface area contributed by atoms with Crippen molar-refractivity contribution in [2.24, 2.45) is 10.9 Å². The number of benzene rings is 1. The van der Waals surface area contributed by atoms with E-state index in [1.54, 1.807) is 30.3 Å². The second-order valence-electron chi connectivity index (χ2n) is 4.57. The van der Waals surface area contributed by atoms with E-state index in [-0.39, 0.29) is 11.7 Å². The highest BCUT2D eigenvalue weighted by atomic mass is 79.9. The van der Waals surface area contributed by atoms with Gasteiger partial charge < -0.3 is 15.9 Å². The quantitative estimate of drug-likeness (QED) is 0.352. The smallest absolute Gasteiger partial charge is 0.356 e. The topological polar surface area (TPSA) is 93.8 Å². The van der Waals surface area contributed by atoms with Crippen molar-refractivity contribution in [2.45, 2.75) is 13.0 Å². The van der Waals surface area contributed by atoms with Crippen LogP contribution in [0.1, 0.15) is 22.2 Å². The van der Waals surface area contributed by atoms with Crippen molar-refractivity contribution in [3.63, 3.8) is 0 Å². The highest BCUT2D eigenvalue weighted by Crippen LogP contribution is 2.11. The van der Waals surface area contributed by atoms with Gasteiger partial charge in [0.1, 0.15) is 6.04 Å². The molecule has 6 nitrogen and oxygen atoms in total. The maximum atomic E-state index is 12.0. The van der Waals surface area contributed by atoms with Crippen LogP contribution in [0.5, 0.6) is 0 Å². The number of carbonyl (C=O) groups is 2. The second kappa shape index (κ2) is 7.89. The third-order valence-electron chi connectivity index (χ3n) is 2.82. The van der Waals surface area contributed by atoms with Crippen LogP contribution in [0.3, 0.4) is 0 Å². The number of hydrogen-bond donors (Lipinski definition) is 2. The Morgan fingerprint density at radius 3 is 2.61 bits per heavy atom. The average Bonchev–Trinajstić information content (AvgIpc) is 3.07. The molecule has 2 rings (SSSR count). The Morgan fingerprint density at radius 2 is 2.00 bits per heavy atom. The first-order valence-electron chi connectivity index (χ1n) is 6.62. The number of hydrogen-bond acceptors (Lipinski definition) is 5. The largest absolute Gasteiger partial charge is 0.380 e. The molecule has 1 aromatic carbocycles. The summed E-state index contributed by atoms with van der Waals surface area (Å²) in [7, 11) is 0. The maximum Gasteiger partial charge on any atom is 0.356 e. The number of nitrogens with zero attached hydrogens (tertiary/aromatic N) is 1. The van der Waals surface area contributed by atoms with Crippen LogP contribution < -0.4 is 11.1 Å². The van der Waals surface area contributed by atoms with Gasteiger partial charge in [-0.2, -0.15) is 0 Å². The Morgan fingerprint density at radius 1 is 1.30 bits per heavy atom. The van der Waals surface area contributed by atoms with E-state index >= 15 is 0 Å². The zero-order valence-electron chi connectivity index (χ0n) is 12.2. The molecule has 0 radical (unpaired) electrons. The van der Waals surface area contributed by atoms with Crippen molar-refractivity contribution in [1.82, 2.24) is 5.32 Å². The summed E-state index contributed by atoms with van der Waals surface area (Å²) in [4.78, 5) is 29.3. The summed E-state index contributed by atoms with van der Waals surface area (Å²) in [5.74, 6) is -0.966. The van der Waals surface area contributed by atoms with Gasteiger partial charge in [0.15, 0.2) is 5.84 Å². The van der Waals surface area contributed by atoms with Gasteiger partial charge in [-0.25, -0.2) is 4.79 Å². The summed E-state index contributed by atoms with van der Waals surface area (Å²) in [5, 5.41) is 7.95. The van der Waals surface area contributed by atoms with E-state index in [1.165, 1.54) is 18.3 Å². The van der Waals surface area contributed by atoms with Crippen LogP contribution in [-0.2, 0) is 9.63 Å². The molecule has 1 heterocycles.